The number of allylic oxidation sites excluding steroid dienone is 3. The molecule has 2 atom stereocenters. The van der Waals surface area contributed by atoms with E-state index in [1.807, 2.05) is 58.0 Å². The summed E-state index contributed by atoms with van der Waals surface area (Å²) in [5.41, 5.74) is 1.87. The van der Waals surface area contributed by atoms with E-state index in [0.29, 0.717) is 0 Å². The molecule has 0 spiro atoms. The molecule has 0 bridgehead atoms. The molecule has 1 N–H and O–H groups in total. The number of Topliss-reactive ketones (excluding diaryl/α,β-unsaturated/α-hetero) is 1. The van der Waals surface area contributed by atoms with Gasteiger partial charge in [0.2, 0.25) is 0 Å². The summed E-state index contributed by atoms with van der Waals surface area (Å²) in [5.74, 6) is 0.223. The van der Waals surface area contributed by atoms with Crippen molar-refractivity contribution in [2.75, 3.05) is 0 Å². The number of rotatable bonds is 0. The van der Waals surface area contributed by atoms with E-state index in [4.69, 9.17) is 0 Å². The number of hydrogen-bond acceptors (Lipinski definition) is 2. The Morgan fingerprint density at radius 3 is 2.25 bits per heavy atom. The minimum atomic E-state index is -0.201. The molecule has 0 aromatic heterocycles. The summed E-state index contributed by atoms with van der Waals surface area (Å²) < 4.78 is 0. The first-order chi connectivity index (χ1) is 9.27. The second kappa shape index (κ2) is 9.25. The first-order valence-electron chi connectivity index (χ1n) is 6.99. The average molecular weight is 347 g/mol. The van der Waals surface area contributed by atoms with Gasteiger partial charge in [-0.1, -0.05) is 58.0 Å². The largest absolute Gasteiger partial charge is 0.508 e. The molecule has 3 heteroatoms. The van der Waals surface area contributed by atoms with Gasteiger partial charge >= 0.3 is 0 Å². The molecule has 2 unspecified atom stereocenters. The topological polar surface area (TPSA) is 37.3 Å². The first kappa shape index (κ1) is 19.3. The normalized spacial score (nSPS) is 21.0. The van der Waals surface area contributed by atoms with Crippen molar-refractivity contribution < 1.29 is 42.6 Å². The van der Waals surface area contributed by atoms with Gasteiger partial charge in [0.1, 0.15) is 5.76 Å². The zero-order valence-corrected chi connectivity index (χ0v) is 15.5. The van der Waals surface area contributed by atoms with Crippen molar-refractivity contribution in [1.82, 2.24) is 0 Å². The maximum absolute atomic E-state index is 12.0. The van der Waals surface area contributed by atoms with Gasteiger partial charge in [-0.2, -0.15) is 0 Å². The smallest absolute Gasteiger partial charge is 0.171 e. The molecule has 2 nitrogen and oxygen atoms in total. The molecule has 2 aliphatic rings. The van der Waals surface area contributed by atoms with E-state index < -0.39 is 0 Å². The molecule has 1 aromatic carbocycles. The maximum atomic E-state index is 12.0. The Morgan fingerprint density at radius 1 is 1.00 bits per heavy atom. The Morgan fingerprint density at radius 2 is 1.60 bits per heavy atom. The van der Waals surface area contributed by atoms with Crippen LogP contribution in [0.3, 0.4) is 0 Å². The summed E-state index contributed by atoms with van der Waals surface area (Å²) in [6.07, 6.45) is 5.22. The fraction of sp³-hybridized carbons (Fsp3) is 0.353. The van der Waals surface area contributed by atoms with Crippen LogP contribution in [0.25, 0.3) is 0 Å². The van der Waals surface area contributed by atoms with Crippen LogP contribution in [0, 0.1) is 5.92 Å². The summed E-state index contributed by atoms with van der Waals surface area (Å²) in [4.78, 5) is 12.0. The summed E-state index contributed by atoms with van der Waals surface area (Å²) >= 11 is 0. The van der Waals surface area contributed by atoms with Gasteiger partial charge < -0.3 is 5.11 Å². The van der Waals surface area contributed by atoms with Crippen LogP contribution in [0.15, 0.2) is 48.3 Å². The fourth-order valence-corrected chi connectivity index (χ4v) is 2.39. The van der Waals surface area contributed by atoms with Gasteiger partial charge in [-0.05, 0) is 17.7 Å². The minimum Gasteiger partial charge on any atom is -0.508 e. The Balaban J connectivity index is 0.000000667. The molecule has 0 aliphatic heterocycles. The van der Waals surface area contributed by atoms with Crippen LogP contribution in [-0.4, -0.2) is 10.9 Å². The van der Waals surface area contributed by atoms with Crippen molar-refractivity contribution in [2.24, 2.45) is 5.92 Å². The van der Waals surface area contributed by atoms with Crippen molar-refractivity contribution in [1.29, 1.82) is 0 Å². The Hall–Kier alpha value is -0.726. The number of carbonyl (C=O) groups is 1. The van der Waals surface area contributed by atoms with Crippen LogP contribution >= 0.6 is 0 Å². The Bertz CT molecular complexity index is 503. The molecule has 0 amide bonds. The Kier molecular flexibility index (Phi) is 8.92. The molecular formula is C17H22O2Y. The maximum Gasteiger partial charge on any atom is 0.171 e. The SMILES string of the molecule is CC.CC.O=C1c2ccccc2C2C=CC(O)=CC12.[Y]. The van der Waals surface area contributed by atoms with Gasteiger partial charge in [0.15, 0.2) is 5.78 Å². The van der Waals surface area contributed by atoms with E-state index in [0.717, 1.165) is 11.1 Å². The zero-order valence-electron chi connectivity index (χ0n) is 12.6. The summed E-state index contributed by atoms with van der Waals surface area (Å²) in [6.45, 7) is 8.00. The van der Waals surface area contributed by atoms with Gasteiger partial charge in [0.05, 0.1) is 5.92 Å². The standard InChI is InChI=1S/C13H10O2.2C2H6.Y/c14-8-5-6-10-9-3-1-2-4-11(9)13(15)12(10)7-8;2*1-2;/h1-7,10,12,14H;2*1-2H3;. The van der Waals surface area contributed by atoms with E-state index >= 15 is 0 Å². The van der Waals surface area contributed by atoms with E-state index in [9.17, 15) is 9.90 Å². The third kappa shape index (κ3) is 3.68. The van der Waals surface area contributed by atoms with Crippen LogP contribution in [0.5, 0.6) is 0 Å². The number of aliphatic hydroxyl groups is 1. The zero-order chi connectivity index (χ0) is 14.4. The van der Waals surface area contributed by atoms with Crippen molar-refractivity contribution in [2.45, 2.75) is 33.6 Å². The summed E-state index contributed by atoms with van der Waals surface area (Å²) in [5, 5.41) is 9.38. The molecule has 0 fully saturated rings. The fourth-order valence-electron chi connectivity index (χ4n) is 2.39. The quantitative estimate of drug-likeness (QED) is 0.742. The summed E-state index contributed by atoms with van der Waals surface area (Å²) in [7, 11) is 0. The third-order valence-corrected chi connectivity index (χ3v) is 3.10. The van der Waals surface area contributed by atoms with Gasteiger partial charge in [-0.25, -0.2) is 0 Å². The Labute approximate surface area is 146 Å². The molecule has 20 heavy (non-hydrogen) atoms. The second-order valence-corrected chi connectivity index (χ2v) is 3.95. The first-order valence-corrected chi connectivity index (χ1v) is 6.99. The van der Waals surface area contributed by atoms with Crippen molar-refractivity contribution >= 4 is 5.78 Å². The predicted octanol–water partition coefficient (Wildman–Crippen LogP) is 4.64. The van der Waals surface area contributed by atoms with E-state index in [2.05, 4.69) is 0 Å². The van der Waals surface area contributed by atoms with Gasteiger partial charge in [-0.3, -0.25) is 4.79 Å². The number of benzene rings is 1. The average Bonchev–Trinajstić information content (AvgIpc) is 2.77. The molecule has 2 aliphatic carbocycles. The molecule has 0 saturated heterocycles. The molecule has 0 saturated carbocycles. The van der Waals surface area contributed by atoms with Gasteiger partial charge in [0, 0.05) is 44.2 Å². The van der Waals surface area contributed by atoms with Crippen molar-refractivity contribution in [3.63, 3.8) is 0 Å². The molecule has 3 rings (SSSR count). The second-order valence-electron chi connectivity index (χ2n) is 3.95. The van der Waals surface area contributed by atoms with Crippen LogP contribution < -0.4 is 0 Å². The van der Waals surface area contributed by atoms with E-state index in [1.54, 1.807) is 12.2 Å². The van der Waals surface area contributed by atoms with Crippen LogP contribution in [0.2, 0.25) is 0 Å². The van der Waals surface area contributed by atoms with E-state index in [-0.39, 0.29) is 56.1 Å². The predicted molar refractivity (Wildman–Crippen MR) is 79.6 cm³/mol. The van der Waals surface area contributed by atoms with E-state index in [1.165, 1.54) is 0 Å². The van der Waals surface area contributed by atoms with Gasteiger partial charge in [-0.15, -0.1) is 0 Å². The number of fused-ring (bicyclic) bond motifs is 3. The van der Waals surface area contributed by atoms with Crippen LogP contribution in [0.4, 0.5) is 0 Å². The monoisotopic (exact) mass is 347 g/mol. The van der Waals surface area contributed by atoms with Crippen LogP contribution in [0.1, 0.15) is 49.5 Å². The molecule has 0 heterocycles. The van der Waals surface area contributed by atoms with Crippen molar-refractivity contribution in [3.8, 4) is 0 Å². The molecule has 105 valence electrons. The molecule has 1 radical (unpaired) electrons. The molecular weight excluding hydrogens is 325 g/mol. The number of ketones is 1. The summed E-state index contributed by atoms with van der Waals surface area (Å²) in [6, 6.07) is 7.66. The minimum absolute atomic E-state index is 0. The van der Waals surface area contributed by atoms with Crippen LogP contribution in [-0.2, 0) is 32.7 Å². The van der Waals surface area contributed by atoms with Gasteiger partial charge in [0.25, 0.3) is 0 Å². The van der Waals surface area contributed by atoms with Crippen molar-refractivity contribution in [3.05, 3.63) is 59.4 Å². The third-order valence-electron chi connectivity index (χ3n) is 3.10. The number of hydrogen-bond donors (Lipinski definition) is 1. The number of aliphatic hydroxyl groups excluding tert-OH is 1. The number of carbonyl (C=O) groups excluding carboxylic acids is 1. The molecule has 1 aromatic rings.